The molecule has 2 heterocycles. The molecule has 1 N–H and O–H groups in total. The number of amides is 2. The van der Waals surface area contributed by atoms with E-state index in [0.717, 1.165) is 6.41 Å². The number of nitrogens with zero attached hydrogens (tertiary/aromatic N) is 4. The minimum Gasteiger partial charge on any atom is -0.465 e. The minimum absolute atomic E-state index is 0.223. The first-order chi connectivity index (χ1) is 13.1. The van der Waals surface area contributed by atoms with Crippen LogP contribution in [0.5, 0.6) is 0 Å². The molecule has 0 bridgehead atoms. The summed E-state index contributed by atoms with van der Waals surface area (Å²) in [7, 11) is 1.31. The first-order valence-electron chi connectivity index (χ1n) is 8.37. The molecule has 140 valence electrons. The van der Waals surface area contributed by atoms with E-state index in [0.29, 0.717) is 43.2 Å². The highest BCUT2D eigenvalue weighted by Gasteiger charge is 2.22. The van der Waals surface area contributed by atoms with Crippen LogP contribution in [0, 0.1) is 0 Å². The summed E-state index contributed by atoms with van der Waals surface area (Å²) in [4.78, 5) is 46.7. The third kappa shape index (κ3) is 4.20. The van der Waals surface area contributed by atoms with Crippen LogP contribution in [-0.2, 0) is 9.53 Å². The second kappa shape index (κ2) is 8.26. The summed E-state index contributed by atoms with van der Waals surface area (Å²) in [5, 5.41) is 3.00. The number of piperazine rings is 1. The van der Waals surface area contributed by atoms with E-state index in [1.807, 2.05) is 0 Å². The largest absolute Gasteiger partial charge is 0.465 e. The Bertz CT molecular complexity index is 832. The molecule has 0 aliphatic carbocycles. The van der Waals surface area contributed by atoms with E-state index in [4.69, 9.17) is 4.74 Å². The molecule has 1 aromatic carbocycles. The SMILES string of the molecule is COC(=O)c1ccccc1Nc1cnc(C(=O)N2CCN(C=O)CC2)cn1. The highest BCUT2D eigenvalue weighted by molar-refractivity contribution is 5.96. The zero-order chi connectivity index (χ0) is 19.2. The van der Waals surface area contributed by atoms with Gasteiger partial charge in [0.05, 0.1) is 30.8 Å². The maximum absolute atomic E-state index is 12.5. The number of hydrogen-bond donors (Lipinski definition) is 1. The third-order valence-corrected chi connectivity index (χ3v) is 4.22. The van der Waals surface area contributed by atoms with Crippen molar-refractivity contribution in [2.24, 2.45) is 0 Å². The van der Waals surface area contributed by atoms with Gasteiger partial charge in [-0.15, -0.1) is 0 Å². The van der Waals surface area contributed by atoms with Crippen molar-refractivity contribution in [3.8, 4) is 0 Å². The Balaban J connectivity index is 1.68. The number of benzene rings is 1. The topological polar surface area (TPSA) is 105 Å². The number of para-hydroxylation sites is 1. The van der Waals surface area contributed by atoms with Crippen molar-refractivity contribution >= 4 is 29.8 Å². The summed E-state index contributed by atoms with van der Waals surface area (Å²) >= 11 is 0. The van der Waals surface area contributed by atoms with Crippen molar-refractivity contribution in [1.82, 2.24) is 19.8 Å². The van der Waals surface area contributed by atoms with Crippen LogP contribution in [0.25, 0.3) is 0 Å². The maximum atomic E-state index is 12.5. The van der Waals surface area contributed by atoms with Crippen molar-refractivity contribution in [2.75, 3.05) is 38.6 Å². The fraction of sp³-hybridized carbons (Fsp3) is 0.278. The number of hydrogen-bond acceptors (Lipinski definition) is 7. The molecule has 1 aliphatic heterocycles. The molecular formula is C18H19N5O4. The lowest BCUT2D eigenvalue weighted by molar-refractivity contribution is -0.119. The van der Waals surface area contributed by atoms with Crippen LogP contribution in [0.2, 0.25) is 0 Å². The second-order valence-electron chi connectivity index (χ2n) is 5.88. The van der Waals surface area contributed by atoms with Gasteiger partial charge in [0.15, 0.2) is 0 Å². The summed E-state index contributed by atoms with van der Waals surface area (Å²) in [5.74, 6) is -0.296. The number of aromatic nitrogens is 2. The molecule has 3 rings (SSSR count). The number of nitrogens with one attached hydrogen (secondary N) is 1. The maximum Gasteiger partial charge on any atom is 0.339 e. The summed E-state index contributed by atoms with van der Waals surface area (Å²) in [5.41, 5.74) is 1.12. The van der Waals surface area contributed by atoms with Crippen LogP contribution in [0.15, 0.2) is 36.7 Å². The molecule has 1 saturated heterocycles. The molecular weight excluding hydrogens is 350 g/mol. The van der Waals surface area contributed by atoms with E-state index in [2.05, 4.69) is 15.3 Å². The van der Waals surface area contributed by atoms with E-state index in [9.17, 15) is 14.4 Å². The van der Waals surface area contributed by atoms with E-state index in [-0.39, 0.29) is 11.6 Å². The molecule has 0 saturated carbocycles. The Kier molecular flexibility index (Phi) is 5.60. The molecule has 0 spiro atoms. The molecule has 0 radical (unpaired) electrons. The van der Waals surface area contributed by atoms with Crippen LogP contribution >= 0.6 is 0 Å². The number of esters is 1. The number of rotatable bonds is 5. The van der Waals surface area contributed by atoms with Crippen molar-refractivity contribution in [1.29, 1.82) is 0 Å². The predicted molar refractivity (Wildman–Crippen MR) is 96.6 cm³/mol. The number of carbonyl (C=O) groups is 3. The summed E-state index contributed by atoms with van der Waals surface area (Å²) in [6.45, 7) is 1.94. The molecule has 0 unspecified atom stereocenters. The van der Waals surface area contributed by atoms with Gasteiger partial charge in [-0.05, 0) is 12.1 Å². The van der Waals surface area contributed by atoms with Gasteiger partial charge in [0.1, 0.15) is 11.5 Å². The number of methoxy groups -OCH3 is 1. The summed E-state index contributed by atoms with van der Waals surface area (Å²) in [6.07, 6.45) is 3.61. The zero-order valence-corrected chi connectivity index (χ0v) is 14.8. The van der Waals surface area contributed by atoms with Crippen LogP contribution < -0.4 is 5.32 Å². The van der Waals surface area contributed by atoms with Crippen molar-refractivity contribution in [3.05, 3.63) is 47.9 Å². The Morgan fingerprint density at radius 1 is 1.11 bits per heavy atom. The first-order valence-corrected chi connectivity index (χ1v) is 8.37. The van der Waals surface area contributed by atoms with E-state index in [1.165, 1.54) is 19.5 Å². The summed E-state index contributed by atoms with van der Waals surface area (Å²) in [6, 6.07) is 6.87. The van der Waals surface area contributed by atoms with Gasteiger partial charge in [-0.3, -0.25) is 9.59 Å². The normalized spacial score (nSPS) is 13.8. The molecule has 0 atom stereocenters. The van der Waals surface area contributed by atoms with Gasteiger partial charge >= 0.3 is 5.97 Å². The Hall–Kier alpha value is -3.49. The summed E-state index contributed by atoms with van der Waals surface area (Å²) < 4.78 is 4.76. The molecule has 9 heteroatoms. The van der Waals surface area contributed by atoms with Gasteiger partial charge < -0.3 is 19.9 Å². The smallest absolute Gasteiger partial charge is 0.339 e. The molecule has 1 fully saturated rings. The molecule has 27 heavy (non-hydrogen) atoms. The van der Waals surface area contributed by atoms with Gasteiger partial charge in [-0.2, -0.15) is 0 Å². The highest BCUT2D eigenvalue weighted by Crippen LogP contribution is 2.20. The lowest BCUT2D eigenvalue weighted by Crippen LogP contribution is -2.48. The van der Waals surface area contributed by atoms with E-state index in [1.54, 1.807) is 34.1 Å². The molecule has 9 nitrogen and oxygen atoms in total. The van der Waals surface area contributed by atoms with Gasteiger partial charge in [0, 0.05) is 26.2 Å². The monoisotopic (exact) mass is 369 g/mol. The van der Waals surface area contributed by atoms with Gasteiger partial charge in [-0.25, -0.2) is 14.8 Å². The van der Waals surface area contributed by atoms with Gasteiger partial charge in [0.25, 0.3) is 5.91 Å². The number of carbonyl (C=O) groups excluding carboxylic acids is 3. The van der Waals surface area contributed by atoms with E-state index >= 15 is 0 Å². The van der Waals surface area contributed by atoms with Crippen molar-refractivity contribution in [3.63, 3.8) is 0 Å². The van der Waals surface area contributed by atoms with Crippen molar-refractivity contribution < 1.29 is 19.1 Å². The zero-order valence-electron chi connectivity index (χ0n) is 14.8. The molecule has 2 amide bonds. The molecule has 2 aromatic rings. The predicted octanol–water partition coefficient (Wildman–Crippen LogP) is 0.921. The van der Waals surface area contributed by atoms with Crippen LogP contribution in [0.4, 0.5) is 11.5 Å². The van der Waals surface area contributed by atoms with Gasteiger partial charge in [0.2, 0.25) is 6.41 Å². The second-order valence-corrected chi connectivity index (χ2v) is 5.88. The third-order valence-electron chi connectivity index (χ3n) is 4.22. The molecule has 1 aliphatic rings. The number of ether oxygens (including phenoxy) is 1. The van der Waals surface area contributed by atoms with Gasteiger partial charge in [-0.1, -0.05) is 12.1 Å². The van der Waals surface area contributed by atoms with Crippen LogP contribution in [0.3, 0.4) is 0 Å². The Labute approximate surface area is 156 Å². The minimum atomic E-state index is -0.465. The Morgan fingerprint density at radius 2 is 1.85 bits per heavy atom. The average molecular weight is 369 g/mol. The van der Waals surface area contributed by atoms with Crippen LogP contribution in [0.1, 0.15) is 20.8 Å². The lowest BCUT2D eigenvalue weighted by atomic mass is 10.2. The van der Waals surface area contributed by atoms with Crippen LogP contribution in [-0.4, -0.2) is 71.3 Å². The molecule has 1 aromatic heterocycles. The fourth-order valence-electron chi connectivity index (χ4n) is 2.71. The van der Waals surface area contributed by atoms with E-state index < -0.39 is 5.97 Å². The number of anilines is 2. The average Bonchev–Trinajstić information content (AvgIpc) is 2.73. The van der Waals surface area contributed by atoms with Crippen molar-refractivity contribution in [2.45, 2.75) is 0 Å². The lowest BCUT2D eigenvalue weighted by Gasteiger charge is -2.32. The fourth-order valence-corrected chi connectivity index (χ4v) is 2.71. The highest BCUT2D eigenvalue weighted by atomic mass is 16.5. The standard InChI is InChI=1S/C18H19N5O4/c1-27-18(26)13-4-2-3-5-14(13)21-16-11-19-15(10-20-16)17(25)23-8-6-22(12-24)7-9-23/h2-5,10-12H,6-9H2,1H3,(H,20,21). The Morgan fingerprint density at radius 3 is 2.48 bits per heavy atom. The quantitative estimate of drug-likeness (QED) is 0.617. The first kappa shape index (κ1) is 18.3.